The molecule has 2 fully saturated rings. The molecule has 0 bridgehead atoms. The molecule has 0 atom stereocenters. The molecule has 11 heteroatoms. The average molecular weight is 515 g/mol. The third-order valence-corrected chi connectivity index (χ3v) is 7.58. The number of nitrogen functional groups attached to an aromatic ring is 1. The second-order valence-electron chi connectivity index (χ2n) is 9.93. The largest absolute Gasteiger partial charge is 0.382 e. The lowest BCUT2D eigenvalue weighted by Gasteiger charge is -2.37. The Morgan fingerprint density at radius 2 is 1.95 bits per heavy atom. The molecule has 1 spiro atoms. The third-order valence-electron chi connectivity index (χ3n) is 7.58. The molecular weight excluding hydrogens is 487 g/mol. The summed E-state index contributed by atoms with van der Waals surface area (Å²) in [5.41, 5.74) is 8.06. The summed E-state index contributed by atoms with van der Waals surface area (Å²) in [5, 5.41) is 5.65. The van der Waals surface area contributed by atoms with Crippen molar-refractivity contribution in [1.29, 1.82) is 0 Å². The molecule has 1 aromatic carbocycles. The summed E-state index contributed by atoms with van der Waals surface area (Å²) >= 11 is 0. The van der Waals surface area contributed by atoms with Gasteiger partial charge < -0.3 is 21.3 Å². The van der Waals surface area contributed by atoms with Gasteiger partial charge in [-0.3, -0.25) is 14.0 Å². The number of piperidine rings is 1. The lowest BCUT2D eigenvalue weighted by atomic mass is 9.77. The maximum atomic E-state index is 15.5. The van der Waals surface area contributed by atoms with Gasteiger partial charge in [0.25, 0.3) is 5.91 Å². The van der Waals surface area contributed by atoms with E-state index in [9.17, 15) is 9.59 Å². The van der Waals surface area contributed by atoms with E-state index in [1.54, 1.807) is 30.7 Å². The maximum Gasteiger partial charge on any atom is 0.256 e. The summed E-state index contributed by atoms with van der Waals surface area (Å²) in [4.78, 5) is 40.4. The number of nitrogens with two attached hydrogens (primary N) is 1. The van der Waals surface area contributed by atoms with Gasteiger partial charge in [-0.1, -0.05) is 0 Å². The number of benzene rings is 1. The molecule has 2 aliphatic rings. The normalized spacial score (nSPS) is 16.7. The number of carbonyl (C=O) groups excluding carboxylic acids is 2. The first kappa shape index (κ1) is 23.8. The second-order valence-corrected chi connectivity index (χ2v) is 9.93. The van der Waals surface area contributed by atoms with E-state index in [4.69, 9.17) is 10.7 Å². The Balaban J connectivity index is 1.32. The number of nitrogens with zero attached hydrogens (tertiary/aromatic N) is 5. The smallest absolute Gasteiger partial charge is 0.256 e. The fourth-order valence-corrected chi connectivity index (χ4v) is 5.43. The van der Waals surface area contributed by atoms with Gasteiger partial charge in [0.2, 0.25) is 11.9 Å². The fourth-order valence-electron chi connectivity index (χ4n) is 5.43. The van der Waals surface area contributed by atoms with Crippen LogP contribution in [0.1, 0.15) is 35.2 Å². The number of nitrogens with one attached hydrogen (secondary N) is 2. The van der Waals surface area contributed by atoms with E-state index in [0.29, 0.717) is 42.6 Å². The topological polar surface area (TPSA) is 131 Å². The minimum Gasteiger partial charge on any atom is -0.382 e. The number of carbonyl (C=O) groups is 2. The zero-order valence-electron chi connectivity index (χ0n) is 20.9. The van der Waals surface area contributed by atoms with Gasteiger partial charge in [-0.25, -0.2) is 19.3 Å². The van der Waals surface area contributed by atoms with Crippen LogP contribution in [-0.4, -0.2) is 50.8 Å². The molecule has 5 heterocycles. The lowest BCUT2D eigenvalue weighted by Crippen LogP contribution is -2.44. The lowest BCUT2D eigenvalue weighted by molar-refractivity contribution is -0.128. The Kier molecular flexibility index (Phi) is 5.70. The number of rotatable bonds is 4. The van der Waals surface area contributed by atoms with Crippen LogP contribution >= 0.6 is 0 Å². The highest BCUT2D eigenvalue weighted by Gasteiger charge is 2.45. The molecule has 10 nitrogen and oxygen atoms in total. The summed E-state index contributed by atoms with van der Waals surface area (Å²) < 4.78 is 17.3. The number of amides is 2. The van der Waals surface area contributed by atoms with E-state index in [2.05, 4.69) is 25.5 Å². The van der Waals surface area contributed by atoms with Crippen molar-refractivity contribution >= 4 is 34.9 Å². The fraction of sp³-hybridized carbons (Fsp3) is 0.296. The zero-order valence-corrected chi connectivity index (χ0v) is 20.9. The van der Waals surface area contributed by atoms with Crippen LogP contribution in [0.2, 0.25) is 0 Å². The van der Waals surface area contributed by atoms with Gasteiger partial charge in [0.05, 0.1) is 5.41 Å². The first-order valence-corrected chi connectivity index (χ1v) is 12.5. The van der Waals surface area contributed by atoms with Crippen molar-refractivity contribution in [3.8, 4) is 11.3 Å². The first-order valence-electron chi connectivity index (χ1n) is 12.5. The summed E-state index contributed by atoms with van der Waals surface area (Å²) in [5.74, 6) is 0.277. The molecule has 2 saturated heterocycles. The maximum absolute atomic E-state index is 15.5. The van der Waals surface area contributed by atoms with E-state index >= 15 is 4.39 Å². The quantitative estimate of drug-likeness (QED) is 0.381. The van der Waals surface area contributed by atoms with Crippen molar-refractivity contribution in [3.05, 3.63) is 65.9 Å². The van der Waals surface area contributed by atoms with Crippen LogP contribution in [0.4, 0.5) is 22.0 Å². The number of anilines is 3. The molecule has 0 saturated carbocycles. The van der Waals surface area contributed by atoms with E-state index in [1.807, 2.05) is 17.4 Å². The Morgan fingerprint density at radius 3 is 2.66 bits per heavy atom. The second kappa shape index (κ2) is 9.09. The summed E-state index contributed by atoms with van der Waals surface area (Å²) in [7, 11) is 0. The Labute approximate surface area is 218 Å². The Hall–Kier alpha value is -4.54. The number of hydrogen-bond donors (Lipinski definition) is 3. The van der Waals surface area contributed by atoms with Crippen LogP contribution in [-0.2, 0) is 4.79 Å². The van der Waals surface area contributed by atoms with Crippen molar-refractivity contribution in [1.82, 2.24) is 24.7 Å². The van der Waals surface area contributed by atoms with Crippen molar-refractivity contribution in [3.63, 3.8) is 0 Å². The zero-order chi connectivity index (χ0) is 26.4. The summed E-state index contributed by atoms with van der Waals surface area (Å²) in [6.45, 7) is 3.89. The number of halogens is 1. The molecule has 2 amide bonds. The monoisotopic (exact) mass is 514 g/mol. The van der Waals surface area contributed by atoms with Crippen molar-refractivity contribution in [2.24, 2.45) is 5.41 Å². The van der Waals surface area contributed by atoms with E-state index in [0.717, 1.165) is 24.8 Å². The number of aromatic nitrogens is 4. The number of hydrogen-bond acceptors (Lipinski definition) is 7. The van der Waals surface area contributed by atoms with Crippen LogP contribution < -0.4 is 21.3 Å². The predicted octanol–water partition coefficient (Wildman–Crippen LogP) is 3.18. The van der Waals surface area contributed by atoms with Gasteiger partial charge in [0.15, 0.2) is 0 Å². The Morgan fingerprint density at radius 1 is 1.13 bits per heavy atom. The van der Waals surface area contributed by atoms with E-state index < -0.39 is 11.7 Å². The van der Waals surface area contributed by atoms with Crippen LogP contribution in [0, 0.1) is 18.2 Å². The molecular formula is C27H27FN8O2. The number of pyridine rings is 1. The number of imidazole rings is 1. The molecule has 0 unspecified atom stereocenters. The molecule has 0 radical (unpaired) electrons. The van der Waals surface area contributed by atoms with Gasteiger partial charge in [-0.2, -0.15) is 0 Å². The van der Waals surface area contributed by atoms with Gasteiger partial charge in [0.1, 0.15) is 28.7 Å². The minimum atomic E-state index is -0.607. The summed E-state index contributed by atoms with van der Waals surface area (Å²) in [6, 6.07) is 7.81. The third kappa shape index (κ3) is 4.00. The van der Waals surface area contributed by atoms with Crippen LogP contribution in [0.25, 0.3) is 16.8 Å². The first-order chi connectivity index (χ1) is 18.3. The van der Waals surface area contributed by atoms with Gasteiger partial charge in [0, 0.05) is 49.4 Å². The highest BCUT2D eigenvalue weighted by atomic mass is 19.1. The van der Waals surface area contributed by atoms with Crippen LogP contribution in [0.3, 0.4) is 0 Å². The van der Waals surface area contributed by atoms with Gasteiger partial charge >= 0.3 is 0 Å². The molecule has 194 valence electrons. The minimum absolute atomic E-state index is 0.128. The van der Waals surface area contributed by atoms with E-state index in [-0.39, 0.29) is 28.3 Å². The summed E-state index contributed by atoms with van der Waals surface area (Å²) in [6.07, 6.45) is 7.21. The van der Waals surface area contributed by atoms with E-state index in [1.165, 1.54) is 12.1 Å². The number of aryl methyl sites for hydroxylation is 1. The van der Waals surface area contributed by atoms with Crippen molar-refractivity contribution in [2.75, 3.05) is 35.6 Å². The highest BCUT2D eigenvalue weighted by Crippen LogP contribution is 2.40. The van der Waals surface area contributed by atoms with Crippen LogP contribution in [0.5, 0.6) is 0 Å². The standard InChI is InChI=1S/C27H27FN8O2/c1-16-4-8-30-20(14-16)33-24(37)17-2-3-18(19(28)15-17)21-22-23(29)31-10-13-36(22)26(34-21)35-11-6-27(7-12-35)5-9-32-25(27)38/h2-4,8,10,13-15H,5-7,9,11-12H2,1H3,(H2,29,31)(H,32,38)(H,30,33,37). The number of fused-ring (bicyclic) bond motifs is 1. The van der Waals surface area contributed by atoms with Gasteiger partial charge in [-0.15, -0.1) is 0 Å². The SMILES string of the molecule is Cc1ccnc(NC(=O)c2ccc(-c3nc(N4CCC5(CCNC5=O)CC4)n4ccnc(N)c34)c(F)c2)c1. The molecule has 6 rings (SSSR count). The Bertz CT molecular complexity index is 1570. The molecule has 4 aromatic rings. The van der Waals surface area contributed by atoms with Crippen molar-refractivity contribution < 1.29 is 14.0 Å². The molecule has 3 aromatic heterocycles. The molecule has 38 heavy (non-hydrogen) atoms. The predicted molar refractivity (Wildman–Crippen MR) is 141 cm³/mol. The van der Waals surface area contributed by atoms with Crippen molar-refractivity contribution in [2.45, 2.75) is 26.2 Å². The average Bonchev–Trinajstić information content (AvgIpc) is 3.46. The molecule has 2 aliphatic heterocycles. The highest BCUT2D eigenvalue weighted by molar-refractivity contribution is 6.04. The van der Waals surface area contributed by atoms with Gasteiger partial charge in [-0.05, 0) is 62.1 Å². The molecule has 4 N–H and O–H groups in total. The van der Waals surface area contributed by atoms with Crippen LogP contribution in [0.15, 0.2) is 48.9 Å². The molecule has 0 aliphatic carbocycles.